The highest BCUT2D eigenvalue weighted by molar-refractivity contribution is 7.90. The summed E-state index contributed by atoms with van der Waals surface area (Å²) in [5.74, 6) is -0.763. The zero-order valence-electron chi connectivity index (χ0n) is 22.2. The second-order valence-electron chi connectivity index (χ2n) is 9.87. The maximum Gasteiger partial charge on any atom is 0.304 e. The Bertz CT molecular complexity index is 1230. The number of rotatable bonds is 10. The zero-order chi connectivity index (χ0) is 27.3. The van der Waals surface area contributed by atoms with Gasteiger partial charge in [0.1, 0.15) is 12.6 Å². The lowest BCUT2D eigenvalue weighted by molar-refractivity contribution is -0.139. The van der Waals surface area contributed by atoms with Crippen molar-refractivity contribution in [3.63, 3.8) is 0 Å². The van der Waals surface area contributed by atoms with Crippen molar-refractivity contribution in [2.45, 2.75) is 65.1 Å². The third kappa shape index (κ3) is 7.03. The first-order valence-corrected chi connectivity index (χ1v) is 14.3. The molecule has 0 unspecified atom stereocenters. The van der Waals surface area contributed by atoms with Gasteiger partial charge in [0.2, 0.25) is 11.8 Å². The maximum atomic E-state index is 13.9. The van der Waals surface area contributed by atoms with Gasteiger partial charge in [0.15, 0.2) is 0 Å². The van der Waals surface area contributed by atoms with Crippen LogP contribution in [0.25, 0.3) is 0 Å². The van der Waals surface area contributed by atoms with Crippen LogP contribution in [0.15, 0.2) is 42.5 Å². The summed E-state index contributed by atoms with van der Waals surface area (Å²) in [6.07, 6.45) is 3.96. The minimum atomic E-state index is -4.01. The van der Waals surface area contributed by atoms with E-state index in [1.165, 1.54) is 19.0 Å². The number of halogens is 1. The Morgan fingerprint density at radius 1 is 1.08 bits per heavy atom. The Balaban J connectivity index is 1.97. The molecule has 1 N–H and O–H groups in total. The molecule has 8 nitrogen and oxygen atoms in total. The third-order valence-corrected chi connectivity index (χ3v) is 8.99. The second kappa shape index (κ2) is 12.3. The highest BCUT2D eigenvalue weighted by Gasteiger charge is 2.34. The lowest BCUT2D eigenvalue weighted by Crippen LogP contribution is -2.53. The van der Waals surface area contributed by atoms with E-state index in [4.69, 9.17) is 11.6 Å². The van der Waals surface area contributed by atoms with Crippen molar-refractivity contribution >= 4 is 39.3 Å². The highest BCUT2D eigenvalue weighted by atomic mass is 35.5. The van der Waals surface area contributed by atoms with E-state index in [0.717, 1.165) is 39.9 Å². The molecule has 0 saturated heterocycles. The van der Waals surface area contributed by atoms with E-state index in [1.807, 2.05) is 25.1 Å². The summed E-state index contributed by atoms with van der Waals surface area (Å²) in [4.78, 5) is 28.5. The summed E-state index contributed by atoms with van der Waals surface area (Å²) >= 11 is 6.40. The van der Waals surface area contributed by atoms with E-state index in [0.29, 0.717) is 21.8 Å². The van der Waals surface area contributed by atoms with Crippen molar-refractivity contribution in [1.82, 2.24) is 14.5 Å². The Morgan fingerprint density at radius 2 is 1.73 bits per heavy atom. The lowest BCUT2D eigenvalue weighted by atomic mass is 10.1. The van der Waals surface area contributed by atoms with Gasteiger partial charge in [-0.1, -0.05) is 54.8 Å². The predicted molar refractivity (Wildman–Crippen MR) is 148 cm³/mol. The highest BCUT2D eigenvalue weighted by Crippen LogP contribution is 2.27. The second-order valence-corrected chi connectivity index (χ2v) is 12.3. The molecule has 0 radical (unpaired) electrons. The number of anilines is 1. The minimum absolute atomic E-state index is 0.0699. The van der Waals surface area contributed by atoms with Crippen LogP contribution in [0, 0.1) is 13.8 Å². The van der Waals surface area contributed by atoms with Gasteiger partial charge in [0.05, 0.1) is 5.69 Å². The molecule has 0 spiro atoms. The molecule has 2 amide bonds. The molecule has 0 aliphatic heterocycles. The van der Waals surface area contributed by atoms with E-state index in [-0.39, 0.29) is 18.5 Å². The normalized spacial score (nSPS) is 15.0. The van der Waals surface area contributed by atoms with E-state index >= 15 is 0 Å². The van der Waals surface area contributed by atoms with Gasteiger partial charge in [0, 0.05) is 31.7 Å². The van der Waals surface area contributed by atoms with Crippen LogP contribution in [0.1, 0.15) is 49.3 Å². The van der Waals surface area contributed by atoms with Gasteiger partial charge in [-0.05, 0) is 62.4 Å². The molecule has 37 heavy (non-hydrogen) atoms. The van der Waals surface area contributed by atoms with Gasteiger partial charge in [0.25, 0.3) is 0 Å². The number of nitrogens with one attached hydrogen (secondary N) is 1. The van der Waals surface area contributed by atoms with Crippen LogP contribution in [0.5, 0.6) is 0 Å². The first kappa shape index (κ1) is 28.9. The topological polar surface area (TPSA) is 90.0 Å². The molecule has 2 aromatic rings. The van der Waals surface area contributed by atoms with Crippen LogP contribution in [-0.2, 0) is 26.3 Å². The maximum absolute atomic E-state index is 13.9. The summed E-state index contributed by atoms with van der Waals surface area (Å²) in [6.45, 7) is 4.94. The fourth-order valence-corrected chi connectivity index (χ4v) is 5.78. The Morgan fingerprint density at radius 3 is 2.35 bits per heavy atom. The van der Waals surface area contributed by atoms with Gasteiger partial charge in [-0.3, -0.25) is 9.59 Å². The van der Waals surface area contributed by atoms with Crippen LogP contribution in [0.2, 0.25) is 5.02 Å². The molecule has 1 aliphatic rings. The van der Waals surface area contributed by atoms with Crippen molar-refractivity contribution in [3.8, 4) is 0 Å². The van der Waals surface area contributed by atoms with Gasteiger partial charge in [-0.25, -0.2) is 4.31 Å². The minimum Gasteiger partial charge on any atom is -0.352 e. The molecule has 0 heterocycles. The first-order valence-electron chi connectivity index (χ1n) is 12.5. The number of carbonyl (C=O) groups excluding carboxylic acids is 2. The zero-order valence-corrected chi connectivity index (χ0v) is 23.8. The van der Waals surface area contributed by atoms with Gasteiger partial charge >= 0.3 is 10.2 Å². The smallest absolute Gasteiger partial charge is 0.304 e. The van der Waals surface area contributed by atoms with Crippen LogP contribution < -0.4 is 9.62 Å². The largest absolute Gasteiger partial charge is 0.352 e. The molecular formula is C27H37ClN4O4S. The third-order valence-electron chi connectivity index (χ3n) is 6.82. The number of hydrogen-bond acceptors (Lipinski definition) is 4. The van der Waals surface area contributed by atoms with Crippen LogP contribution in [0.4, 0.5) is 5.69 Å². The van der Waals surface area contributed by atoms with Crippen molar-refractivity contribution in [1.29, 1.82) is 0 Å². The summed E-state index contributed by atoms with van der Waals surface area (Å²) < 4.78 is 28.9. The number of aryl methyl sites for hydroxylation is 2. The number of carbonyl (C=O) groups is 2. The molecule has 10 heteroatoms. The molecule has 1 atom stereocenters. The molecule has 1 saturated carbocycles. The molecule has 202 valence electrons. The fourth-order valence-electron chi connectivity index (χ4n) is 4.47. The Hall–Kier alpha value is -2.62. The Kier molecular flexibility index (Phi) is 9.61. The summed E-state index contributed by atoms with van der Waals surface area (Å²) in [7, 11) is -1.16. The number of amides is 2. The molecule has 0 aromatic heterocycles. The predicted octanol–water partition coefficient (Wildman–Crippen LogP) is 4.05. The molecule has 3 rings (SSSR count). The van der Waals surface area contributed by atoms with Gasteiger partial charge in [-0.15, -0.1) is 0 Å². The quantitative estimate of drug-likeness (QED) is 0.485. The van der Waals surface area contributed by atoms with Crippen molar-refractivity contribution in [3.05, 3.63) is 64.2 Å². The van der Waals surface area contributed by atoms with Crippen LogP contribution >= 0.6 is 11.6 Å². The molecule has 2 aromatic carbocycles. The lowest BCUT2D eigenvalue weighted by Gasteiger charge is -2.34. The average molecular weight is 549 g/mol. The standard InChI is InChI=1S/C27H37ClN4O4S/c1-19-14-15-20(2)25(16-19)32(37(35,36)30(4)5)18-26(33)31(17-22-10-6-9-13-24(22)28)21(3)27(34)29-23-11-7-8-12-23/h6,9-10,13-16,21,23H,7-8,11-12,17-18H2,1-5H3,(H,29,34)/t21-/m1/s1. The summed E-state index contributed by atoms with van der Waals surface area (Å²) in [5, 5.41) is 3.53. The summed E-state index contributed by atoms with van der Waals surface area (Å²) in [5.41, 5.74) is 2.67. The molecule has 0 bridgehead atoms. The first-order chi connectivity index (χ1) is 17.4. The summed E-state index contributed by atoms with van der Waals surface area (Å²) in [6, 6.07) is 11.8. The number of hydrogen-bond donors (Lipinski definition) is 1. The van der Waals surface area contributed by atoms with E-state index in [1.54, 1.807) is 38.1 Å². The van der Waals surface area contributed by atoms with Crippen molar-refractivity contribution in [2.24, 2.45) is 0 Å². The molecule has 1 aliphatic carbocycles. The Labute approximate surface area is 225 Å². The molecule has 1 fully saturated rings. The van der Waals surface area contributed by atoms with Crippen LogP contribution in [-0.4, -0.2) is 62.2 Å². The average Bonchev–Trinajstić information content (AvgIpc) is 3.36. The number of benzene rings is 2. The number of nitrogens with zero attached hydrogens (tertiary/aromatic N) is 3. The SMILES string of the molecule is Cc1ccc(C)c(N(CC(=O)N(Cc2ccccc2Cl)[C@H](C)C(=O)NC2CCCC2)S(=O)(=O)N(C)C)c1. The van der Waals surface area contributed by atoms with E-state index in [2.05, 4.69) is 5.32 Å². The van der Waals surface area contributed by atoms with Crippen molar-refractivity contribution < 1.29 is 18.0 Å². The monoisotopic (exact) mass is 548 g/mol. The van der Waals surface area contributed by atoms with Crippen molar-refractivity contribution in [2.75, 3.05) is 24.9 Å². The molecular weight excluding hydrogens is 512 g/mol. The van der Waals surface area contributed by atoms with E-state index in [9.17, 15) is 18.0 Å². The van der Waals surface area contributed by atoms with E-state index < -0.39 is 28.7 Å². The fraction of sp³-hybridized carbons (Fsp3) is 0.481. The van der Waals surface area contributed by atoms with Gasteiger partial charge in [-0.2, -0.15) is 12.7 Å². The van der Waals surface area contributed by atoms with Gasteiger partial charge < -0.3 is 10.2 Å². The van der Waals surface area contributed by atoms with Crippen LogP contribution in [0.3, 0.4) is 0 Å².